The average molecular weight is 176 g/mol. The molecule has 0 radical (unpaired) electrons. The van der Waals surface area contributed by atoms with E-state index in [1.807, 2.05) is 6.07 Å². The van der Waals surface area contributed by atoms with Crippen LogP contribution in [0.5, 0.6) is 0 Å². The van der Waals surface area contributed by atoms with Crippen molar-refractivity contribution in [2.24, 2.45) is 5.73 Å². The Bertz CT molecular complexity index is 261. The number of nitrogens with zero attached hydrogens (tertiary/aromatic N) is 1. The van der Waals surface area contributed by atoms with Gasteiger partial charge in [0, 0.05) is 18.6 Å². The van der Waals surface area contributed by atoms with Crippen LogP contribution in [0.2, 0.25) is 0 Å². The van der Waals surface area contributed by atoms with Gasteiger partial charge in [-0.2, -0.15) is 0 Å². The van der Waals surface area contributed by atoms with Gasteiger partial charge in [-0.15, -0.1) is 0 Å². The third-order valence-electron chi connectivity index (χ3n) is 2.84. The summed E-state index contributed by atoms with van der Waals surface area (Å²) in [6.45, 7) is 1.11. The third kappa shape index (κ3) is 1.60. The molecule has 13 heavy (non-hydrogen) atoms. The lowest BCUT2D eigenvalue weighted by atomic mass is 10.0. The van der Waals surface area contributed by atoms with E-state index in [-0.39, 0.29) is 0 Å². The van der Waals surface area contributed by atoms with Gasteiger partial charge in [0.25, 0.3) is 0 Å². The van der Waals surface area contributed by atoms with Crippen LogP contribution >= 0.6 is 0 Å². The molecule has 1 aromatic rings. The summed E-state index contributed by atoms with van der Waals surface area (Å²) >= 11 is 0. The predicted octanol–water partition coefficient (Wildman–Crippen LogP) is 1.39. The van der Waals surface area contributed by atoms with Gasteiger partial charge in [0.2, 0.25) is 0 Å². The number of likely N-dealkylation sites (tertiary alicyclic amines) is 1. The van der Waals surface area contributed by atoms with Gasteiger partial charge in [-0.05, 0) is 19.0 Å². The van der Waals surface area contributed by atoms with Crippen LogP contribution in [0.1, 0.15) is 18.0 Å². The van der Waals surface area contributed by atoms with E-state index >= 15 is 0 Å². The summed E-state index contributed by atoms with van der Waals surface area (Å²) in [6, 6.07) is 11.2. The van der Waals surface area contributed by atoms with Crippen LogP contribution in [0.15, 0.2) is 30.3 Å². The molecule has 2 rings (SSSR count). The van der Waals surface area contributed by atoms with E-state index in [1.54, 1.807) is 0 Å². The quantitative estimate of drug-likeness (QED) is 0.700. The topological polar surface area (TPSA) is 29.3 Å². The molecule has 0 saturated carbocycles. The molecule has 0 aromatic heterocycles. The Morgan fingerprint density at radius 1 is 1.31 bits per heavy atom. The van der Waals surface area contributed by atoms with Gasteiger partial charge in [-0.25, -0.2) is 0 Å². The molecular weight excluding hydrogens is 160 g/mol. The van der Waals surface area contributed by atoms with Crippen LogP contribution in [0, 0.1) is 0 Å². The molecule has 1 saturated heterocycles. The SMILES string of the molecule is CN1CC[C@H](N)[C@@H]1c1ccccc1. The molecule has 0 unspecified atom stereocenters. The van der Waals surface area contributed by atoms with Crippen LogP contribution in [0.4, 0.5) is 0 Å². The van der Waals surface area contributed by atoms with E-state index in [0.29, 0.717) is 12.1 Å². The highest BCUT2D eigenvalue weighted by Crippen LogP contribution is 2.28. The predicted molar refractivity (Wildman–Crippen MR) is 54.4 cm³/mol. The van der Waals surface area contributed by atoms with Crippen LogP contribution in [-0.2, 0) is 0 Å². The Morgan fingerprint density at radius 3 is 2.54 bits per heavy atom. The Hall–Kier alpha value is -0.860. The van der Waals surface area contributed by atoms with Crippen molar-refractivity contribution in [3.8, 4) is 0 Å². The first-order valence-corrected chi connectivity index (χ1v) is 4.80. The lowest BCUT2D eigenvalue weighted by molar-refractivity contribution is 0.304. The molecular formula is C11H16N2. The fraction of sp³-hybridized carbons (Fsp3) is 0.455. The molecule has 1 aliphatic rings. The first kappa shape index (κ1) is 8.73. The van der Waals surface area contributed by atoms with Crippen molar-refractivity contribution >= 4 is 0 Å². The summed E-state index contributed by atoms with van der Waals surface area (Å²) < 4.78 is 0. The molecule has 1 fully saturated rings. The normalized spacial score (nSPS) is 29.4. The second kappa shape index (κ2) is 3.48. The summed E-state index contributed by atoms with van der Waals surface area (Å²) in [7, 11) is 2.14. The summed E-state index contributed by atoms with van der Waals surface area (Å²) in [6.07, 6.45) is 1.11. The van der Waals surface area contributed by atoms with Crippen molar-refractivity contribution < 1.29 is 0 Å². The molecule has 70 valence electrons. The Morgan fingerprint density at radius 2 is 2.00 bits per heavy atom. The zero-order valence-electron chi connectivity index (χ0n) is 7.98. The molecule has 2 nitrogen and oxygen atoms in total. The van der Waals surface area contributed by atoms with E-state index in [1.165, 1.54) is 5.56 Å². The standard InChI is InChI=1S/C11H16N2/c1-13-8-7-10(12)11(13)9-5-3-2-4-6-9/h2-6,10-11H,7-8,12H2,1H3/t10-,11-/m0/s1. The number of likely N-dealkylation sites (N-methyl/N-ethyl adjacent to an activating group) is 1. The third-order valence-corrected chi connectivity index (χ3v) is 2.84. The molecule has 1 heterocycles. The monoisotopic (exact) mass is 176 g/mol. The molecule has 1 aromatic carbocycles. The molecule has 2 atom stereocenters. The summed E-state index contributed by atoms with van der Waals surface area (Å²) in [5.41, 5.74) is 7.40. The second-order valence-corrected chi connectivity index (χ2v) is 3.79. The average Bonchev–Trinajstić information content (AvgIpc) is 2.48. The molecule has 1 aliphatic heterocycles. The minimum Gasteiger partial charge on any atom is -0.326 e. The second-order valence-electron chi connectivity index (χ2n) is 3.79. The van der Waals surface area contributed by atoms with E-state index in [9.17, 15) is 0 Å². The van der Waals surface area contributed by atoms with E-state index in [4.69, 9.17) is 5.73 Å². The fourth-order valence-electron chi connectivity index (χ4n) is 2.13. The van der Waals surface area contributed by atoms with Crippen molar-refractivity contribution in [3.05, 3.63) is 35.9 Å². The first-order valence-electron chi connectivity index (χ1n) is 4.80. The number of hydrogen-bond acceptors (Lipinski definition) is 2. The molecule has 0 aliphatic carbocycles. The van der Waals surface area contributed by atoms with Gasteiger partial charge in [0.05, 0.1) is 0 Å². The van der Waals surface area contributed by atoms with Crippen molar-refractivity contribution in [2.75, 3.05) is 13.6 Å². The Labute approximate surface area is 79.4 Å². The van der Waals surface area contributed by atoms with Crippen molar-refractivity contribution in [1.29, 1.82) is 0 Å². The number of hydrogen-bond donors (Lipinski definition) is 1. The molecule has 0 spiro atoms. The minimum absolute atomic E-state index is 0.299. The molecule has 2 heteroatoms. The lowest BCUT2D eigenvalue weighted by Gasteiger charge is -2.22. The highest BCUT2D eigenvalue weighted by molar-refractivity contribution is 5.21. The zero-order chi connectivity index (χ0) is 9.26. The van der Waals surface area contributed by atoms with Crippen LogP contribution in [-0.4, -0.2) is 24.5 Å². The molecule has 2 N–H and O–H groups in total. The van der Waals surface area contributed by atoms with Gasteiger partial charge >= 0.3 is 0 Å². The van der Waals surface area contributed by atoms with Crippen molar-refractivity contribution in [2.45, 2.75) is 18.5 Å². The Kier molecular flexibility index (Phi) is 2.34. The van der Waals surface area contributed by atoms with Crippen LogP contribution in [0.3, 0.4) is 0 Å². The van der Waals surface area contributed by atoms with Gasteiger partial charge < -0.3 is 5.73 Å². The fourth-order valence-corrected chi connectivity index (χ4v) is 2.13. The largest absolute Gasteiger partial charge is 0.326 e. The van der Waals surface area contributed by atoms with Gasteiger partial charge in [0.1, 0.15) is 0 Å². The first-order chi connectivity index (χ1) is 6.29. The summed E-state index contributed by atoms with van der Waals surface area (Å²) in [5.74, 6) is 0. The maximum absolute atomic E-state index is 6.06. The van der Waals surface area contributed by atoms with Gasteiger partial charge in [0.15, 0.2) is 0 Å². The summed E-state index contributed by atoms with van der Waals surface area (Å²) in [4.78, 5) is 2.33. The summed E-state index contributed by atoms with van der Waals surface area (Å²) in [5, 5.41) is 0. The minimum atomic E-state index is 0.299. The van der Waals surface area contributed by atoms with Crippen LogP contribution < -0.4 is 5.73 Å². The molecule has 0 bridgehead atoms. The highest BCUT2D eigenvalue weighted by Gasteiger charge is 2.29. The maximum atomic E-state index is 6.06. The zero-order valence-corrected chi connectivity index (χ0v) is 7.98. The number of nitrogens with two attached hydrogens (primary N) is 1. The lowest BCUT2D eigenvalue weighted by Crippen LogP contribution is -2.29. The van der Waals surface area contributed by atoms with E-state index in [0.717, 1.165) is 13.0 Å². The van der Waals surface area contributed by atoms with Crippen LogP contribution in [0.25, 0.3) is 0 Å². The molecule has 0 amide bonds. The maximum Gasteiger partial charge on any atom is 0.0496 e. The van der Waals surface area contributed by atoms with Gasteiger partial charge in [-0.1, -0.05) is 30.3 Å². The van der Waals surface area contributed by atoms with Crippen molar-refractivity contribution in [1.82, 2.24) is 4.90 Å². The van der Waals surface area contributed by atoms with Crippen molar-refractivity contribution in [3.63, 3.8) is 0 Å². The smallest absolute Gasteiger partial charge is 0.0496 e. The van der Waals surface area contributed by atoms with E-state index in [2.05, 4.69) is 36.2 Å². The Balaban J connectivity index is 2.25. The highest BCUT2D eigenvalue weighted by atomic mass is 15.2. The van der Waals surface area contributed by atoms with E-state index < -0.39 is 0 Å². The van der Waals surface area contributed by atoms with Gasteiger partial charge in [-0.3, -0.25) is 4.90 Å². The number of rotatable bonds is 1. The number of benzene rings is 1.